The van der Waals surface area contributed by atoms with Crippen LogP contribution in [-0.2, 0) is 4.79 Å². The molecule has 0 saturated carbocycles. The van der Waals surface area contributed by atoms with Crippen LogP contribution in [-0.4, -0.2) is 16.1 Å². The Morgan fingerprint density at radius 2 is 1.56 bits per heavy atom. The molecule has 0 radical (unpaired) electrons. The number of thiocarbonyl (C=S) groups is 2. The van der Waals surface area contributed by atoms with Crippen LogP contribution in [0.3, 0.4) is 0 Å². The molecule has 2 aromatic rings. The van der Waals surface area contributed by atoms with Gasteiger partial charge < -0.3 is 5.32 Å². The zero-order valence-corrected chi connectivity index (χ0v) is 14.6. The van der Waals surface area contributed by atoms with E-state index >= 15 is 0 Å². The summed E-state index contributed by atoms with van der Waals surface area (Å²) in [7, 11) is 0. The van der Waals surface area contributed by atoms with Gasteiger partial charge in [-0.3, -0.25) is 21.0 Å². The Kier molecular flexibility index (Phi) is 7.00. The van der Waals surface area contributed by atoms with E-state index in [2.05, 4.69) is 21.5 Å². The van der Waals surface area contributed by atoms with Gasteiger partial charge in [0.2, 0.25) is 5.91 Å². The maximum absolute atomic E-state index is 12.8. The number of carbonyl (C=O) groups is 1. The highest BCUT2D eigenvalue weighted by molar-refractivity contribution is 7.80. The van der Waals surface area contributed by atoms with Gasteiger partial charge >= 0.3 is 0 Å². The van der Waals surface area contributed by atoms with Crippen molar-refractivity contribution in [3.8, 4) is 0 Å². The second-order valence-electron chi connectivity index (χ2n) is 4.77. The fourth-order valence-corrected chi connectivity index (χ4v) is 2.05. The Balaban J connectivity index is 1.73. The van der Waals surface area contributed by atoms with Crippen molar-refractivity contribution in [2.24, 2.45) is 0 Å². The Hall–Kier alpha value is -2.84. The smallest absolute Gasteiger partial charge is 0.250 e. The average Bonchev–Trinajstić information content (AvgIpc) is 2.60. The highest BCUT2D eigenvalue weighted by atomic mass is 32.1. The summed E-state index contributed by atoms with van der Waals surface area (Å²) < 4.78 is 12.8. The summed E-state index contributed by atoms with van der Waals surface area (Å²) in [6, 6.07) is 15.1. The van der Waals surface area contributed by atoms with Crippen molar-refractivity contribution in [2.45, 2.75) is 0 Å². The summed E-state index contributed by atoms with van der Waals surface area (Å²) in [5, 5.41) is 5.75. The molecule has 0 heterocycles. The molecule has 0 atom stereocenters. The fourth-order valence-electron chi connectivity index (χ4n) is 1.73. The summed E-state index contributed by atoms with van der Waals surface area (Å²) in [5.74, 6) is -0.760. The van der Waals surface area contributed by atoms with Crippen LogP contribution in [0.4, 0.5) is 10.1 Å². The molecule has 25 heavy (non-hydrogen) atoms. The van der Waals surface area contributed by atoms with E-state index < -0.39 is 5.91 Å². The molecule has 4 N–H and O–H groups in total. The first-order chi connectivity index (χ1) is 12.0. The number of para-hydroxylation sites is 1. The standard InChI is InChI=1S/C17H15FN4OS2/c18-13-9-6-12(7-10-13)8-11-15(23)20-17(25)22-21-16(24)19-14-4-2-1-3-5-14/h1-11H,(H2,19,21,24)(H2,20,22,23,25). The number of anilines is 1. The van der Waals surface area contributed by atoms with Crippen molar-refractivity contribution in [1.29, 1.82) is 0 Å². The Bertz CT molecular complexity index is 779. The number of amides is 1. The topological polar surface area (TPSA) is 65.2 Å². The van der Waals surface area contributed by atoms with Gasteiger partial charge in [-0.25, -0.2) is 4.39 Å². The molecule has 128 valence electrons. The Morgan fingerprint density at radius 1 is 0.920 bits per heavy atom. The molecule has 1 amide bonds. The van der Waals surface area contributed by atoms with Gasteiger partial charge in [0.1, 0.15) is 5.82 Å². The minimum absolute atomic E-state index is 0.0611. The van der Waals surface area contributed by atoms with Crippen LogP contribution in [0, 0.1) is 5.82 Å². The third-order valence-corrected chi connectivity index (χ3v) is 3.26. The molecule has 0 fully saturated rings. The lowest BCUT2D eigenvalue weighted by Gasteiger charge is -2.13. The van der Waals surface area contributed by atoms with E-state index in [1.54, 1.807) is 18.2 Å². The first kappa shape index (κ1) is 18.5. The molecule has 5 nitrogen and oxygen atoms in total. The van der Waals surface area contributed by atoms with Crippen LogP contribution in [0.15, 0.2) is 60.7 Å². The van der Waals surface area contributed by atoms with Gasteiger partial charge in [0.05, 0.1) is 0 Å². The van der Waals surface area contributed by atoms with Crippen molar-refractivity contribution >= 4 is 52.3 Å². The molecule has 0 aliphatic rings. The van der Waals surface area contributed by atoms with Crippen molar-refractivity contribution in [3.63, 3.8) is 0 Å². The van der Waals surface area contributed by atoms with Gasteiger partial charge in [-0.1, -0.05) is 30.3 Å². The van der Waals surface area contributed by atoms with E-state index in [9.17, 15) is 9.18 Å². The van der Waals surface area contributed by atoms with Crippen LogP contribution >= 0.6 is 24.4 Å². The second-order valence-corrected chi connectivity index (χ2v) is 5.59. The van der Waals surface area contributed by atoms with Crippen LogP contribution < -0.4 is 21.5 Å². The minimum atomic E-state index is -0.425. The van der Waals surface area contributed by atoms with E-state index in [1.807, 2.05) is 30.3 Å². The number of carbonyl (C=O) groups excluding carboxylic acids is 1. The Labute approximate surface area is 155 Å². The predicted molar refractivity (Wildman–Crippen MR) is 105 cm³/mol. The van der Waals surface area contributed by atoms with Crippen LogP contribution in [0.5, 0.6) is 0 Å². The average molecular weight is 374 g/mol. The molecule has 0 unspecified atom stereocenters. The van der Waals surface area contributed by atoms with Gasteiger partial charge in [0.25, 0.3) is 0 Å². The van der Waals surface area contributed by atoms with Gasteiger partial charge in [-0.2, -0.15) is 0 Å². The summed E-state index contributed by atoms with van der Waals surface area (Å²) in [5.41, 5.74) is 6.78. The zero-order valence-electron chi connectivity index (χ0n) is 13.0. The molecule has 0 aromatic heterocycles. The molecular formula is C17H15FN4OS2. The first-order valence-corrected chi connectivity index (χ1v) is 8.01. The SMILES string of the molecule is O=C(C=Cc1ccc(F)cc1)NC(=S)NNC(=S)Nc1ccccc1. The summed E-state index contributed by atoms with van der Waals surface area (Å²) in [6.07, 6.45) is 2.84. The number of rotatable bonds is 3. The van der Waals surface area contributed by atoms with E-state index in [0.717, 1.165) is 5.69 Å². The molecule has 2 rings (SSSR count). The van der Waals surface area contributed by atoms with Gasteiger partial charge in [0.15, 0.2) is 10.2 Å². The van der Waals surface area contributed by atoms with E-state index in [1.165, 1.54) is 18.2 Å². The van der Waals surface area contributed by atoms with Gasteiger partial charge in [-0.05, 0) is 60.3 Å². The number of halogens is 1. The monoisotopic (exact) mass is 374 g/mol. The summed E-state index contributed by atoms with van der Waals surface area (Å²) in [6.45, 7) is 0. The number of nitrogens with one attached hydrogen (secondary N) is 4. The molecular weight excluding hydrogens is 359 g/mol. The fraction of sp³-hybridized carbons (Fsp3) is 0. The molecule has 0 saturated heterocycles. The molecule has 2 aromatic carbocycles. The first-order valence-electron chi connectivity index (χ1n) is 7.19. The van der Waals surface area contributed by atoms with Crippen molar-refractivity contribution in [2.75, 3.05) is 5.32 Å². The number of benzene rings is 2. The van der Waals surface area contributed by atoms with Crippen LogP contribution in [0.1, 0.15) is 5.56 Å². The van der Waals surface area contributed by atoms with Crippen molar-refractivity contribution in [3.05, 3.63) is 72.1 Å². The lowest BCUT2D eigenvalue weighted by atomic mass is 10.2. The normalized spacial score (nSPS) is 10.1. The predicted octanol–water partition coefficient (Wildman–Crippen LogP) is 2.73. The van der Waals surface area contributed by atoms with Crippen LogP contribution in [0.25, 0.3) is 6.08 Å². The van der Waals surface area contributed by atoms with Crippen LogP contribution in [0.2, 0.25) is 0 Å². The van der Waals surface area contributed by atoms with E-state index in [4.69, 9.17) is 24.4 Å². The quantitative estimate of drug-likeness (QED) is 0.376. The largest absolute Gasteiger partial charge is 0.331 e. The van der Waals surface area contributed by atoms with E-state index in [-0.39, 0.29) is 10.9 Å². The molecule has 8 heteroatoms. The second kappa shape index (κ2) is 9.45. The molecule has 0 aliphatic carbocycles. The zero-order chi connectivity index (χ0) is 18.1. The minimum Gasteiger partial charge on any atom is -0.331 e. The highest BCUT2D eigenvalue weighted by Crippen LogP contribution is 2.05. The maximum Gasteiger partial charge on any atom is 0.250 e. The van der Waals surface area contributed by atoms with Crippen molar-refractivity contribution < 1.29 is 9.18 Å². The van der Waals surface area contributed by atoms with Gasteiger partial charge in [0, 0.05) is 11.8 Å². The van der Waals surface area contributed by atoms with E-state index in [0.29, 0.717) is 10.7 Å². The van der Waals surface area contributed by atoms with Gasteiger partial charge in [-0.15, -0.1) is 0 Å². The molecule has 0 bridgehead atoms. The molecule has 0 spiro atoms. The highest BCUT2D eigenvalue weighted by Gasteiger charge is 2.02. The summed E-state index contributed by atoms with van der Waals surface area (Å²) >= 11 is 10.1. The summed E-state index contributed by atoms with van der Waals surface area (Å²) in [4.78, 5) is 11.8. The number of hydrazine groups is 1. The number of hydrogen-bond acceptors (Lipinski definition) is 3. The van der Waals surface area contributed by atoms with Crippen molar-refractivity contribution in [1.82, 2.24) is 16.2 Å². The molecule has 0 aliphatic heterocycles. The Morgan fingerprint density at radius 3 is 2.24 bits per heavy atom. The third kappa shape index (κ3) is 7.06. The number of hydrogen-bond donors (Lipinski definition) is 4. The lowest BCUT2D eigenvalue weighted by Crippen LogP contribution is -2.49. The third-order valence-electron chi connectivity index (χ3n) is 2.86. The lowest BCUT2D eigenvalue weighted by molar-refractivity contribution is -0.115. The maximum atomic E-state index is 12.8.